The Labute approximate surface area is 135 Å². The molecule has 0 heterocycles. The summed E-state index contributed by atoms with van der Waals surface area (Å²) in [6.45, 7) is 2.13. The van der Waals surface area contributed by atoms with Crippen LogP contribution in [0.25, 0.3) is 0 Å². The molecule has 2 aromatic rings. The first-order valence-electron chi connectivity index (χ1n) is 7.43. The molecule has 0 aromatic heterocycles. The molecule has 0 spiro atoms. The molecular formula is C18H20N2O3. The Balaban J connectivity index is 2.19. The minimum Gasteiger partial charge on any atom is -0.465 e. The number of carbonyl (C=O) groups is 2. The second-order valence-electron chi connectivity index (χ2n) is 5.25. The molecule has 23 heavy (non-hydrogen) atoms. The van der Waals surface area contributed by atoms with Crippen LogP contribution < -0.4 is 5.32 Å². The normalized spacial score (nSPS) is 11.5. The summed E-state index contributed by atoms with van der Waals surface area (Å²) < 4.78 is 0. The second kappa shape index (κ2) is 7.98. The van der Waals surface area contributed by atoms with Crippen molar-refractivity contribution >= 4 is 12.0 Å². The molecular weight excluding hydrogens is 292 g/mol. The first kappa shape index (κ1) is 16.5. The van der Waals surface area contributed by atoms with Crippen molar-refractivity contribution in [2.75, 3.05) is 6.54 Å². The summed E-state index contributed by atoms with van der Waals surface area (Å²) in [5, 5.41) is 10.9. The molecule has 0 saturated carbocycles. The molecule has 0 aliphatic carbocycles. The van der Waals surface area contributed by atoms with E-state index in [2.05, 4.69) is 5.32 Å². The Morgan fingerprint density at radius 1 is 1.04 bits per heavy atom. The summed E-state index contributed by atoms with van der Waals surface area (Å²) in [7, 11) is 0. The van der Waals surface area contributed by atoms with Gasteiger partial charge in [0, 0.05) is 6.54 Å². The fourth-order valence-electron chi connectivity index (χ4n) is 2.39. The number of nitrogens with zero attached hydrogens (tertiary/aromatic N) is 1. The Bertz CT molecular complexity index is 644. The van der Waals surface area contributed by atoms with Crippen LogP contribution in [0.15, 0.2) is 60.7 Å². The van der Waals surface area contributed by atoms with Crippen LogP contribution in [0.2, 0.25) is 0 Å². The molecule has 5 nitrogen and oxygen atoms in total. The quantitative estimate of drug-likeness (QED) is 0.861. The van der Waals surface area contributed by atoms with Gasteiger partial charge in [0.15, 0.2) is 0 Å². The topological polar surface area (TPSA) is 69.6 Å². The van der Waals surface area contributed by atoms with E-state index in [0.717, 1.165) is 11.1 Å². The summed E-state index contributed by atoms with van der Waals surface area (Å²) in [5.74, 6) is -0.257. The number of hydrogen-bond donors (Lipinski definition) is 2. The smallest absolute Gasteiger partial charge is 0.405 e. The molecule has 0 saturated heterocycles. The lowest BCUT2D eigenvalue weighted by Gasteiger charge is -2.30. The van der Waals surface area contributed by atoms with Crippen molar-refractivity contribution in [2.24, 2.45) is 0 Å². The molecule has 2 N–H and O–H groups in total. The van der Waals surface area contributed by atoms with Gasteiger partial charge in [0.25, 0.3) is 0 Å². The Morgan fingerprint density at radius 2 is 1.61 bits per heavy atom. The third kappa shape index (κ3) is 4.85. The maximum atomic E-state index is 12.5. The molecule has 0 aliphatic rings. The first-order valence-corrected chi connectivity index (χ1v) is 7.43. The average molecular weight is 312 g/mol. The monoisotopic (exact) mass is 312 g/mol. The third-order valence-corrected chi connectivity index (χ3v) is 3.66. The highest BCUT2D eigenvalue weighted by Gasteiger charge is 2.22. The van der Waals surface area contributed by atoms with E-state index < -0.39 is 6.09 Å². The van der Waals surface area contributed by atoms with Gasteiger partial charge in [-0.3, -0.25) is 4.79 Å². The van der Waals surface area contributed by atoms with Gasteiger partial charge in [0.1, 0.15) is 6.54 Å². The fourth-order valence-corrected chi connectivity index (χ4v) is 2.39. The molecule has 2 amide bonds. The summed E-state index contributed by atoms with van der Waals surface area (Å²) in [6, 6.07) is 19.2. The van der Waals surface area contributed by atoms with Crippen molar-refractivity contribution in [3.63, 3.8) is 0 Å². The van der Waals surface area contributed by atoms with Crippen LogP contribution in [0, 0.1) is 0 Å². The molecule has 5 heteroatoms. The van der Waals surface area contributed by atoms with Gasteiger partial charge in [0.05, 0.1) is 6.04 Å². The van der Waals surface area contributed by atoms with E-state index in [-0.39, 0.29) is 18.5 Å². The van der Waals surface area contributed by atoms with E-state index in [1.807, 2.05) is 67.6 Å². The number of amides is 2. The molecule has 0 fully saturated rings. The fraction of sp³-hybridized carbons (Fsp3) is 0.222. The third-order valence-electron chi connectivity index (χ3n) is 3.66. The molecule has 120 valence electrons. The number of nitrogens with one attached hydrogen (secondary N) is 1. The van der Waals surface area contributed by atoms with Crippen molar-refractivity contribution in [1.29, 1.82) is 0 Å². The molecule has 2 aromatic carbocycles. The molecule has 1 atom stereocenters. The highest BCUT2D eigenvalue weighted by atomic mass is 16.4. The van der Waals surface area contributed by atoms with Gasteiger partial charge < -0.3 is 15.3 Å². The van der Waals surface area contributed by atoms with Crippen LogP contribution in [0.5, 0.6) is 0 Å². The van der Waals surface area contributed by atoms with Crippen LogP contribution in [0.3, 0.4) is 0 Å². The molecule has 0 bridgehead atoms. The predicted octanol–water partition coefficient (Wildman–Crippen LogP) is 3.04. The van der Waals surface area contributed by atoms with Gasteiger partial charge in [-0.2, -0.15) is 0 Å². The number of carboxylic acid groups (broad SMARTS) is 1. The minimum absolute atomic E-state index is 0.153. The first-order chi connectivity index (χ1) is 11.1. The Morgan fingerprint density at radius 3 is 2.17 bits per heavy atom. The zero-order valence-electron chi connectivity index (χ0n) is 13.0. The van der Waals surface area contributed by atoms with E-state index in [9.17, 15) is 9.59 Å². The number of carbonyl (C=O) groups excluding carboxylic acids is 1. The van der Waals surface area contributed by atoms with Crippen LogP contribution in [-0.4, -0.2) is 28.6 Å². The van der Waals surface area contributed by atoms with Crippen molar-refractivity contribution in [3.8, 4) is 0 Å². The van der Waals surface area contributed by atoms with Gasteiger partial charge >= 0.3 is 6.09 Å². The van der Waals surface area contributed by atoms with E-state index in [4.69, 9.17) is 5.11 Å². The zero-order chi connectivity index (χ0) is 16.7. The van der Waals surface area contributed by atoms with E-state index in [1.165, 1.54) is 0 Å². The standard InChI is InChI=1S/C18H20N2O3/c1-14(16-10-6-3-7-11-16)20(17(21)12-19-18(22)23)13-15-8-4-2-5-9-15/h2-11,14,19H,12-13H2,1H3,(H,22,23). The second-order valence-corrected chi connectivity index (χ2v) is 5.25. The molecule has 2 rings (SSSR count). The average Bonchev–Trinajstić information content (AvgIpc) is 2.58. The number of benzene rings is 2. The Kier molecular flexibility index (Phi) is 5.74. The highest BCUT2D eigenvalue weighted by molar-refractivity contribution is 5.82. The van der Waals surface area contributed by atoms with Crippen molar-refractivity contribution in [1.82, 2.24) is 10.2 Å². The lowest BCUT2D eigenvalue weighted by atomic mass is 10.1. The van der Waals surface area contributed by atoms with Crippen LogP contribution in [0.4, 0.5) is 4.79 Å². The Hall–Kier alpha value is -2.82. The van der Waals surface area contributed by atoms with Crippen LogP contribution in [0.1, 0.15) is 24.1 Å². The summed E-state index contributed by atoms with van der Waals surface area (Å²) >= 11 is 0. The minimum atomic E-state index is -1.20. The summed E-state index contributed by atoms with van der Waals surface area (Å²) in [4.78, 5) is 24.8. The van der Waals surface area contributed by atoms with E-state index in [0.29, 0.717) is 6.54 Å². The maximum Gasteiger partial charge on any atom is 0.405 e. The largest absolute Gasteiger partial charge is 0.465 e. The van der Waals surface area contributed by atoms with Crippen LogP contribution in [-0.2, 0) is 11.3 Å². The van der Waals surface area contributed by atoms with Crippen molar-refractivity contribution < 1.29 is 14.7 Å². The molecule has 0 aliphatic heterocycles. The molecule has 1 unspecified atom stereocenters. The lowest BCUT2D eigenvalue weighted by Crippen LogP contribution is -2.40. The van der Waals surface area contributed by atoms with Gasteiger partial charge in [-0.05, 0) is 18.1 Å². The van der Waals surface area contributed by atoms with Gasteiger partial charge in [0.2, 0.25) is 5.91 Å². The number of rotatable bonds is 6. The SMILES string of the molecule is CC(c1ccccc1)N(Cc1ccccc1)C(=O)CNC(=O)O. The van der Waals surface area contributed by atoms with Crippen LogP contribution >= 0.6 is 0 Å². The summed E-state index contributed by atoms with van der Waals surface area (Å²) in [6.07, 6.45) is -1.20. The van der Waals surface area contributed by atoms with Crippen molar-refractivity contribution in [2.45, 2.75) is 19.5 Å². The molecule has 0 radical (unpaired) electrons. The lowest BCUT2D eigenvalue weighted by molar-refractivity contribution is -0.133. The predicted molar refractivity (Wildman–Crippen MR) is 87.9 cm³/mol. The van der Waals surface area contributed by atoms with Gasteiger partial charge in [-0.1, -0.05) is 60.7 Å². The van der Waals surface area contributed by atoms with Crippen molar-refractivity contribution in [3.05, 3.63) is 71.8 Å². The highest BCUT2D eigenvalue weighted by Crippen LogP contribution is 2.22. The maximum absolute atomic E-state index is 12.5. The zero-order valence-corrected chi connectivity index (χ0v) is 13.0. The van der Waals surface area contributed by atoms with Gasteiger partial charge in [-0.25, -0.2) is 4.79 Å². The van der Waals surface area contributed by atoms with E-state index in [1.54, 1.807) is 4.90 Å². The van der Waals surface area contributed by atoms with Gasteiger partial charge in [-0.15, -0.1) is 0 Å². The summed E-state index contributed by atoms with van der Waals surface area (Å²) in [5.41, 5.74) is 2.01. The van der Waals surface area contributed by atoms with E-state index >= 15 is 0 Å². The number of hydrogen-bond acceptors (Lipinski definition) is 2.